The Bertz CT molecular complexity index is 673. The van der Waals surface area contributed by atoms with Gasteiger partial charge in [0.25, 0.3) is 0 Å². The van der Waals surface area contributed by atoms with E-state index in [-0.39, 0.29) is 30.1 Å². The van der Waals surface area contributed by atoms with E-state index in [2.05, 4.69) is 5.32 Å². The van der Waals surface area contributed by atoms with Crippen molar-refractivity contribution in [2.24, 2.45) is 5.92 Å². The molecular weight excluding hydrogens is 329 g/mol. The highest BCUT2D eigenvalue weighted by atomic mass is 35.5. The number of hydrogen-bond donors (Lipinski definition) is 1. The molecule has 0 bridgehead atoms. The van der Waals surface area contributed by atoms with E-state index in [1.165, 1.54) is 6.07 Å². The number of rotatable bonds is 7. The van der Waals surface area contributed by atoms with E-state index in [1.54, 1.807) is 30.3 Å². The number of carbonyl (C=O) groups is 1. The summed E-state index contributed by atoms with van der Waals surface area (Å²) in [5.41, 5.74) is 0.918. The van der Waals surface area contributed by atoms with E-state index >= 15 is 0 Å². The number of nitrogens with one attached hydrogen (secondary N) is 1. The number of hydrogen-bond acceptors (Lipinski definition) is 2. The van der Waals surface area contributed by atoms with Crippen LogP contribution in [0.25, 0.3) is 0 Å². The Morgan fingerprint density at radius 3 is 2.46 bits per heavy atom. The van der Waals surface area contributed by atoms with Crippen molar-refractivity contribution >= 4 is 17.5 Å². The summed E-state index contributed by atoms with van der Waals surface area (Å²) < 4.78 is 18.8. The molecule has 0 aliphatic carbocycles. The highest BCUT2D eigenvalue weighted by Crippen LogP contribution is 2.26. The number of para-hydroxylation sites is 1. The van der Waals surface area contributed by atoms with Gasteiger partial charge in [-0.3, -0.25) is 4.79 Å². The summed E-state index contributed by atoms with van der Waals surface area (Å²) >= 11 is 5.90. The zero-order chi connectivity index (χ0) is 17.5. The molecule has 128 valence electrons. The van der Waals surface area contributed by atoms with Crippen LogP contribution >= 0.6 is 11.6 Å². The molecule has 0 radical (unpaired) electrons. The molecule has 0 aliphatic rings. The Labute approximate surface area is 146 Å². The second kappa shape index (κ2) is 8.69. The Morgan fingerprint density at radius 1 is 1.17 bits per heavy atom. The molecule has 0 fully saturated rings. The number of carbonyl (C=O) groups excluding carboxylic acids is 1. The third kappa shape index (κ3) is 4.96. The first kappa shape index (κ1) is 18.3. The number of halogens is 2. The van der Waals surface area contributed by atoms with Gasteiger partial charge in [0, 0.05) is 5.02 Å². The van der Waals surface area contributed by atoms with Crippen LogP contribution in [0.4, 0.5) is 4.39 Å². The van der Waals surface area contributed by atoms with Crippen LogP contribution in [0, 0.1) is 11.7 Å². The molecule has 0 spiro atoms. The van der Waals surface area contributed by atoms with Gasteiger partial charge >= 0.3 is 0 Å². The standard InChI is InChI=1S/C19H21ClFNO2/c1-13(2)18(14-7-9-15(20)10-8-14)19(23)22-11-12-24-17-6-4-3-5-16(17)21/h3-10,13,18H,11-12H2,1-2H3,(H,22,23)/t18-/m0/s1. The quantitative estimate of drug-likeness (QED) is 0.752. The fourth-order valence-corrected chi connectivity index (χ4v) is 2.64. The van der Waals surface area contributed by atoms with Gasteiger partial charge in [-0.15, -0.1) is 0 Å². The summed E-state index contributed by atoms with van der Waals surface area (Å²) in [6.45, 7) is 4.51. The average Bonchev–Trinajstić information content (AvgIpc) is 2.55. The van der Waals surface area contributed by atoms with Crippen LogP contribution in [0.3, 0.4) is 0 Å². The maximum Gasteiger partial charge on any atom is 0.227 e. The van der Waals surface area contributed by atoms with E-state index in [1.807, 2.05) is 26.0 Å². The van der Waals surface area contributed by atoms with Gasteiger partial charge in [0.05, 0.1) is 12.5 Å². The van der Waals surface area contributed by atoms with Gasteiger partial charge in [0.1, 0.15) is 6.61 Å². The third-order valence-corrected chi connectivity index (χ3v) is 3.93. The molecule has 0 aromatic heterocycles. The molecule has 0 saturated heterocycles. The highest BCUT2D eigenvalue weighted by Gasteiger charge is 2.23. The zero-order valence-electron chi connectivity index (χ0n) is 13.8. The van der Waals surface area contributed by atoms with Crippen molar-refractivity contribution in [2.75, 3.05) is 13.2 Å². The van der Waals surface area contributed by atoms with E-state index in [9.17, 15) is 9.18 Å². The van der Waals surface area contributed by atoms with Crippen molar-refractivity contribution in [3.05, 3.63) is 64.9 Å². The number of benzene rings is 2. The molecule has 0 saturated carbocycles. The molecule has 2 rings (SSSR count). The van der Waals surface area contributed by atoms with E-state index in [4.69, 9.17) is 16.3 Å². The SMILES string of the molecule is CC(C)[C@H](C(=O)NCCOc1ccccc1F)c1ccc(Cl)cc1. The summed E-state index contributed by atoms with van der Waals surface area (Å²) in [4.78, 5) is 12.5. The van der Waals surface area contributed by atoms with Gasteiger partial charge in [-0.25, -0.2) is 4.39 Å². The fraction of sp³-hybridized carbons (Fsp3) is 0.316. The van der Waals surface area contributed by atoms with Crippen molar-refractivity contribution in [3.63, 3.8) is 0 Å². The average molecular weight is 350 g/mol. The Kier molecular flexibility index (Phi) is 6.62. The molecule has 1 atom stereocenters. The van der Waals surface area contributed by atoms with Crippen molar-refractivity contribution in [2.45, 2.75) is 19.8 Å². The lowest BCUT2D eigenvalue weighted by molar-refractivity contribution is -0.123. The lowest BCUT2D eigenvalue weighted by atomic mass is 9.87. The molecule has 2 aromatic rings. The summed E-state index contributed by atoms with van der Waals surface area (Å²) in [5.74, 6) is -0.436. The minimum atomic E-state index is -0.412. The van der Waals surface area contributed by atoms with Gasteiger partial charge in [0.2, 0.25) is 5.91 Å². The molecule has 0 heterocycles. The predicted molar refractivity (Wildman–Crippen MR) is 93.9 cm³/mol. The van der Waals surface area contributed by atoms with Crippen LogP contribution in [0.1, 0.15) is 25.3 Å². The van der Waals surface area contributed by atoms with Crippen molar-refractivity contribution < 1.29 is 13.9 Å². The van der Waals surface area contributed by atoms with Crippen LogP contribution < -0.4 is 10.1 Å². The molecule has 0 unspecified atom stereocenters. The molecule has 0 aliphatic heterocycles. The molecule has 2 aromatic carbocycles. The fourth-order valence-electron chi connectivity index (χ4n) is 2.52. The van der Waals surface area contributed by atoms with E-state index in [0.717, 1.165) is 5.56 Å². The van der Waals surface area contributed by atoms with E-state index < -0.39 is 5.82 Å². The molecule has 24 heavy (non-hydrogen) atoms. The minimum absolute atomic E-state index is 0.0792. The minimum Gasteiger partial charge on any atom is -0.489 e. The molecule has 5 heteroatoms. The van der Waals surface area contributed by atoms with Crippen LogP contribution in [-0.2, 0) is 4.79 Å². The Morgan fingerprint density at radius 2 is 1.83 bits per heavy atom. The molecule has 1 N–H and O–H groups in total. The van der Waals surface area contributed by atoms with Crippen LogP contribution in [-0.4, -0.2) is 19.1 Å². The largest absolute Gasteiger partial charge is 0.489 e. The number of ether oxygens (including phenoxy) is 1. The van der Waals surface area contributed by atoms with Gasteiger partial charge in [-0.1, -0.05) is 49.7 Å². The van der Waals surface area contributed by atoms with Crippen LogP contribution in [0.2, 0.25) is 5.02 Å². The highest BCUT2D eigenvalue weighted by molar-refractivity contribution is 6.30. The Balaban J connectivity index is 1.89. The van der Waals surface area contributed by atoms with Crippen molar-refractivity contribution in [3.8, 4) is 5.75 Å². The molecule has 3 nitrogen and oxygen atoms in total. The topological polar surface area (TPSA) is 38.3 Å². The second-order valence-electron chi connectivity index (χ2n) is 5.84. The first-order chi connectivity index (χ1) is 11.5. The third-order valence-electron chi connectivity index (χ3n) is 3.67. The van der Waals surface area contributed by atoms with E-state index in [0.29, 0.717) is 11.6 Å². The Hall–Kier alpha value is -2.07. The van der Waals surface area contributed by atoms with Crippen LogP contribution in [0.15, 0.2) is 48.5 Å². The van der Waals surface area contributed by atoms with Crippen molar-refractivity contribution in [1.82, 2.24) is 5.32 Å². The van der Waals surface area contributed by atoms with Gasteiger partial charge < -0.3 is 10.1 Å². The summed E-state index contributed by atoms with van der Waals surface area (Å²) in [6, 6.07) is 13.5. The number of amides is 1. The first-order valence-electron chi connectivity index (χ1n) is 7.89. The van der Waals surface area contributed by atoms with Gasteiger partial charge in [0.15, 0.2) is 11.6 Å². The molecule has 1 amide bonds. The lowest BCUT2D eigenvalue weighted by Gasteiger charge is -2.21. The normalized spacial score (nSPS) is 12.0. The maximum atomic E-state index is 13.4. The first-order valence-corrected chi connectivity index (χ1v) is 8.27. The molecular formula is C19H21ClFNO2. The van der Waals surface area contributed by atoms with Gasteiger partial charge in [-0.05, 0) is 35.7 Å². The maximum absolute atomic E-state index is 13.4. The summed E-state index contributed by atoms with van der Waals surface area (Å²) in [7, 11) is 0. The second-order valence-corrected chi connectivity index (χ2v) is 6.28. The lowest BCUT2D eigenvalue weighted by Crippen LogP contribution is -2.34. The van der Waals surface area contributed by atoms with Gasteiger partial charge in [-0.2, -0.15) is 0 Å². The van der Waals surface area contributed by atoms with Crippen molar-refractivity contribution in [1.29, 1.82) is 0 Å². The summed E-state index contributed by atoms with van der Waals surface area (Å²) in [6.07, 6.45) is 0. The predicted octanol–water partition coefficient (Wildman–Crippen LogP) is 4.41. The summed E-state index contributed by atoms with van der Waals surface area (Å²) in [5, 5.41) is 3.49. The zero-order valence-corrected chi connectivity index (χ0v) is 14.5. The monoisotopic (exact) mass is 349 g/mol. The van der Waals surface area contributed by atoms with Crippen LogP contribution in [0.5, 0.6) is 5.75 Å². The smallest absolute Gasteiger partial charge is 0.227 e.